The molecule has 2 nitrogen and oxygen atoms in total. The first-order valence-corrected chi connectivity index (χ1v) is 9.74. The van der Waals surface area contributed by atoms with Crippen LogP contribution in [-0.2, 0) is 9.84 Å². The highest BCUT2D eigenvalue weighted by molar-refractivity contribution is 9.10. The molecule has 0 N–H and O–H groups in total. The van der Waals surface area contributed by atoms with Crippen molar-refractivity contribution in [3.63, 3.8) is 0 Å². The van der Waals surface area contributed by atoms with Crippen LogP contribution in [-0.4, -0.2) is 25.3 Å². The molecule has 1 unspecified atom stereocenters. The van der Waals surface area contributed by atoms with Gasteiger partial charge in [-0.15, -0.1) is 0 Å². The molecule has 0 radical (unpaired) electrons. The second-order valence-corrected chi connectivity index (χ2v) is 8.12. The van der Waals surface area contributed by atoms with Gasteiger partial charge in [0.2, 0.25) is 0 Å². The highest BCUT2D eigenvalue weighted by atomic mass is 79.9. The quantitative estimate of drug-likeness (QED) is 0.647. The maximum Gasteiger partial charge on any atom is 0.150 e. The molecule has 0 bridgehead atoms. The summed E-state index contributed by atoms with van der Waals surface area (Å²) in [5, 5.41) is 0.775. The highest BCUT2D eigenvalue weighted by Crippen LogP contribution is 2.29. The van der Waals surface area contributed by atoms with E-state index in [0.29, 0.717) is 12.8 Å². The van der Waals surface area contributed by atoms with Crippen molar-refractivity contribution < 1.29 is 8.42 Å². The molecule has 0 amide bonds. The fourth-order valence-corrected chi connectivity index (χ4v) is 4.61. The molecule has 1 aromatic carbocycles. The Kier molecular flexibility index (Phi) is 6.88. The largest absolute Gasteiger partial charge is 0.229 e. The van der Waals surface area contributed by atoms with Crippen LogP contribution in [0.2, 0.25) is 0 Å². The van der Waals surface area contributed by atoms with Gasteiger partial charge in [-0.1, -0.05) is 57.0 Å². The monoisotopic (exact) mass is 396 g/mol. The molecule has 102 valence electrons. The average molecular weight is 398 g/mol. The molecular weight excluding hydrogens is 380 g/mol. The van der Waals surface area contributed by atoms with E-state index in [2.05, 4.69) is 31.9 Å². The molecule has 1 atom stereocenters. The number of benzene rings is 1. The Bertz CT molecular complexity index is 472. The summed E-state index contributed by atoms with van der Waals surface area (Å²) in [5.74, 6) is 0.781. The molecule has 0 spiro atoms. The van der Waals surface area contributed by atoms with E-state index in [0.717, 1.165) is 9.80 Å². The van der Waals surface area contributed by atoms with Crippen LogP contribution in [0, 0.1) is 0 Å². The third-order valence-electron chi connectivity index (χ3n) is 2.82. The summed E-state index contributed by atoms with van der Waals surface area (Å²) in [6.45, 7) is 1.90. The first kappa shape index (κ1) is 16.2. The van der Waals surface area contributed by atoms with Gasteiger partial charge in [0.05, 0.1) is 5.75 Å². The molecule has 0 heterocycles. The van der Waals surface area contributed by atoms with Crippen molar-refractivity contribution in [2.75, 3.05) is 16.8 Å². The van der Waals surface area contributed by atoms with Gasteiger partial charge in [-0.3, -0.25) is 0 Å². The minimum atomic E-state index is -2.89. The second kappa shape index (κ2) is 7.65. The van der Waals surface area contributed by atoms with Crippen LogP contribution in [0.3, 0.4) is 0 Å². The zero-order valence-electron chi connectivity index (χ0n) is 10.4. The summed E-state index contributed by atoms with van der Waals surface area (Å²) in [6.07, 6.45) is 1.35. The Labute approximate surface area is 126 Å². The Morgan fingerprint density at radius 1 is 1.22 bits per heavy atom. The van der Waals surface area contributed by atoms with Crippen molar-refractivity contribution in [3.8, 4) is 0 Å². The number of alkyl halides is 1. The lowest BCUT2D eigenvalue weighted by Crippen LogP contribution is -2.14. The molecule has 5 heteroatoms. The van der Waals surface area contributed by atoms with Crippen molar-refractivity contribution in [3.05, 3.63) is 34.3 Å². The Hall–Kier alpha value is 0.130. The van der Waals surface area contributed by atoms with Crippen LogP contribution >= 0.6 is 31.9 Å². The van der Waals surface area contributed by atoms with Crippen LogP contribution < -0.4 is 0 Å². The van der Waals surface area contributed by atoms with E-state index in [1.807, 2.05) is 31.2 Å². The molecule has 0 aliphatic heterocycles. The standard InChI is InChI=1S/C13H18Br2O2S/c1-2-8-18(16,17)9-7-11(10-14)12-5-3-4-6-13(12)15/h3-6,11H,2,7-10H2,1H3. The zero-order chi connectivity index (χ0) is 13.6. The SMILES string of the molecule is CCCS(=O)(=O)CCC(CBr)c1ccccc1Br. The zero-order valence-corrected chi connectivity index (χ0v) is 14.4. The van der Waals surface area contributed by atoms with E-state index in [9.17, 15) is 8.42 Å². The van der Waals surface area contributed by atoms with Crippen LogP contribution in [0.1, 0.15) is 31.2 Å². The number of hydrogen-bond acceptors (Lipinski definition) is 2. The van der Waals surface area contributed by atoms with Gasteiger partial charge < -0.3 is 0 Å². The van der Waals surface area contributed by atoms with Gasteiger partial charge in [0.25, 0.3) is 0 Å². The smallest absolute Gasteiger partial charge is 0.150 e. The third-order valence-corrected chi connectivity index (χ3v) is 6.22. The van der Waals surface area contributed by atoms with Gasteiger partial charge in [0, 0.05) is 15.6 Å². The Morgan fingerprint density at radius 3 is 2.44 bits per heavy atom. The third kappa shape index (κ3) is 5.02. The summed E-state index contributed by atoms with van der Waals surface area (Å²) < 4.78 is 24.5. The van der Waals surface area contributed by atoms with Gasteiger partial charge in [0.1, 0.15) is 9.84 Å². The second-order valence-electron chi connectivity index (χ2n) is 4.31. The van der Waals surface area contributed by atoms with Crippen molar-refractivity contribution >= 4 is 41.7 Å². The summed E-state index contributed by atoms with van der Waals surface area (Å²) in [6, 6.07) is 7.98. The Balaban J connectivity index is 2.72. The van der Waals surface area contributed by atoms with Crippen LogP contribution in [0.25, 0.3) is 0 Å². The van der Waals surface area contributed by atoms with Crippen molar-refractivity contribution in [2.24, 2.45) is 0 Å². The minimum Gasteiger partial charge on any atom is -0.229 e. The molecule has 0 saturated carbocycles. The van der Waals surface area contributed by atoms with Crippen LogP contribution in [0.4, 0.5) is 0 Å². The summed E-state index contributed by atoms with van der Waals surface area (Å²) in [4.78, 5) is 0. The minimum absolute atomic E-state index is 0.229. The van der Waals surface area contributed by atoms with Gasteiger partial charge in [0.15, 0.2) is 0 Å². The lowest BCUT2D eigenvalue weighted by molar-refractivity contribution is 0.587. The predicted molar refractivity (Wildman–Crippen MR) is 84.2 cm³/mol. The molecule has 0 aromatic heterocycles. The van der Waals surface area contributed by atoms with Crippen LogP contribution in [0.15, 0.2) is 28.7 Å². The first-order chi connectivity index (χ1) is 8.50. The summed E-state index contributed by atoms with van der Waals surface area (Å²) in [5.41, 5.74) is 1.17. The van der Waals surface area contributed by atoms with E-state index >= 15 is 0 Å². The van der Waals surface area contributed by atoms with E-state index in [1.165, 1.54) is 5.56 Å². The fraction of sp³-hybridized carbons (Fsp3) is 0.538. The van der Waals surface area contributed by atoms with Crippen molar-refractivity contribution in [2.45, 2.75) is 25.7 Å². The maximum atomic E-state index is 11.7. The molecule has 18 heavy (non-hydrogen) atoms. The number of hydrogen-bond donors (Lipinski definition) is 0. The fourth-order valence-electron chi connectivity index (χ4n) is 1.86. The lowest BCUT2D eigenvalue weighted by Gasteiger charge is -2.16. The number of sulfone groups is 1. The molecule has 0 fully saturated rings. The lowest BCUT2D eigenvalue weighted by atomic mass is 9.99. The summed E-state index contributed by atoms with van der Waals surface area (Å²) in [7, 11) is -2.89. The van der Waals surface area contributed by atoms with Gasteiger partial charge >= 0.3 is 0 Å². The van der Waals surface area contributed by atoms with E-state index in [-0.39, 0.29) is 17.4 Å². The van der Waals surface area contributed by atoms with Crippen LogP contribution in [0.5, 0.6) is 0 Å². The first-order valence-electron chi connectivity index (χ1n) is 6.01. The summed E-state index contributed by atoms with van der Waals surface area (Å²) >= 11 is 7.00. The molecule has 0 aliphatic carbocycles. The van der Waals surface area contributed by atoms with E-state index in [4.69, 9.17) is 0 Å². The molecular formula is C13H18Br2O2S. The molecule has 1 rings (SSSR count). The van der Waals surface area contributed by atoms with Crippen molar-refractivity contribution in [1.82, 2.24) is 0 Å². The maximum absolute atomic E-state index is 11.7. The highest BCUT2D eigenvalue weighted by Gasteiger charge is 2.17. The normalized spacial score (nSPS) is 13.5. The number of rotatable bonds is 7. The predicted octanol–water partition coefficient (Wildman–Crippen LogP) is 4.14. The molecule has 1 aromatic rings. The number of halogens is 2. The van der Waals surface area contributed by atoms with Gasteiger partial charge in [-0.05, 0) is 30.4 Å². The molecule has 0 aliphatic rings. The van der Waals surface area contributed by atoms with E-state index in [1.54, 1.807) is 0 Å². The van der Waals surface area contributed by atoms with Gasteiger partial charge in [-0.25, -0.2) is 8.42 Å². The molecule has 0 saturated heterocycles. The average Bonchev–Trinajstić information content (AvgIpc) is 2.32. The van der Waals surface area contributed by atoms with Gasteiger partial charge in [-0.2, -0.15) is 0 Å². The van der Waals surface area contributed by atoms with Crippen molar-refractivity contribution in [1.29, 1.82) is 0 Å². The topological polar surface area (TPSA) is 34.1 Å². The Morgan fingerprint density at radius 2 is 1.89 bits per heavy atom. The van der Waals surface area contributed by atoms with E-state index < -0.39 is 9.84 Å².